The molecule has 6 nitrogen and oxygen atoms in total. The molecule has 13 heavy (non-hydrogen) atoms. The molecule has 2 amide bonds. The molecule has 0 aliphatic carbocycles. The van der Waals surface area contributed by atoms with Crippen molar-refractivity contribution >= 4 is 41.8 Å². The van der Waals surface area contributed by atoms with Crippen molar-refractivity contribution in [3.63, 3.8) is 0 Å². The fourth-order valence-corrected chi connectivity index (χ4v) is 0.624. The van der Waals surface area contributed by atoms with Crippen molar-refractivity contribution < 1.29 is 14.4 Å². The summed E-state index contributed by atoms with van der Waals surface area (Å²) in [5.41, 5.74) is 8.52. The molecule has 2 atom stereocenters. The predicted molar refractivity (Wildman–Crippen MR) is 46.2 cm³/mol. The Balaban J connectivity index is 4.35. The Morgan fingerprint density at radius 2 is 2.08 bits per heavy atom. The zero-order chi connectivity index (χ0) is 10.5. The van der Waals surface area contributed by atoms with Crippen molar-refractivity contribution in [3.05, 3.63) is 0 Å². The van der Waals surface area contributed by atoms with Crippen molar-refractivity contribution in [1.29, 1.82) is 0 Å². The van der Waals surface area contributed by atoms with Crippen LogP contribution in [-0.2, 0) is 9.59 Å². The fourth-order valence-electron chi connectivity index (χ4n) is 0.420. The number of carbonyl (C=O) groups is 3. The Bertz CT molecular complexity index is 225. The first kappa shape index (κ1) is 12.2. The standard InChI is InChI=1S/C5H7Cl2N3O3/c6-3(1-11)5(7,2-12)10-9-4(8)13/h1-3,10H,(H3,8,9,13). The monoisotopic (exact) mass is 227 g/mol. The van der Waals surface area contributed by atoms with Gasteiger partial charge in [0.1, 0.15) is 11.7 Å². The summed E-state index contributed by atoms with van der Waals surface area (Å²) >= 11 is 10.9. The molecule has 74 valence electrons. The lowest BCUT2D eigenvalue weighted by Gasteiger charge is -2.23. The summed E-state index contributed by atoms with van der Waals surface area (Å²) in [6.07, 6.45) is 0.426. The van der Waals surface area contributed by atoms with Crippen LogP contribution in [0.4, 0.5) is 4.79 Å². The topological polar surface area (TPSA) is 101 Å². The van der Waals surface area contributed by atoms with Crippen LogP contribution in [0.5, 0.6) is 0 Å². The summed E-state index contributed by atoms with van der Waals surface area (Å²) in [5.74, 6) is 0. The number of carbonyl (C=O) groups excluding carboxylic acids is 3. The second kappa shape index (κ2) is 5.00. The van der Waals surface area contributed by atoms with Gasteiger partial charge in [0.15, 0.2) is 11.3 Å². The highest BCUT2D eigenvalue weighted by Gasteiger charge is 2.35. The minimum Gasteiger partial charge on any atom is -0.351 e. The molecule has 4 N–H and O–H groups in total. The van der Waals surface area contributed by atoms with Gasteiger partial charge in [-0.05, 0) is 0 Å². The lowest BCUT2D eigenvalue weighted by atomic mass is 10.2. The van der Waals surface area contributed by atoms with Gasteiger partial charge >= 0.3 is 6.03 Å². The number of rotatable bonds is 5. The molecule has 0 aliphatic rings. The summed E-state index contributed by atoms with van der Waals surface area (Å²) in [7, 11) is 0. The Morgan fingerprint density at radius 3 is 2.38 bits per heavy atom. The molecule has 0 radical (unpaired) electrons. The van der Waals surface area contributed by atoms with E-state index in [1.807, 2.05) is 10.9 Å². The van der Waals surface area contributed by atoms with Gasteiger partial charge in [0, 0.05) is 0 Å². The predicted octanol–water partition coefficient (Wildman–Crippen LogP) is -0.900. The van der Waals surface area contributed by atoms with Crippen LogP contribution in [0.2, 0.25) is 0 Å². The van der Waals surface area contributed by atoms with E-state index >= 15 is 0 Å². The maximum absolute atomic E-state index is 10.4. The number of halogens is 2. The summed E-state index contributed by atoms with van der Waals surface area (Å²) in [6, 6.07) is -0.957. The second-order valence-corrected chi connectivity index (χ2v) is 3.13. The van der Waals surface area contributed by atoms with Gasteiger partial charge in [-0.3, -0.25) is 10.2 Å². The second-order valence-electron chi connectivity index (χ2n) is 2.04. The number of hydrazine groups is 1. The van der Waals surface area contributed by atoms with Gasteiger partial charge in [0.25, 0.3) is 0 Å². The van der Waals surface area contributed by atoms with E-state index in [1.54, 1.807) is 0 Å². The van der Waals surface area contributed by atoms with Crippen LogP contribution >= 0.6 is 23.2 Å². The van der Waals surface area contributed by atoms with Gasteiger partial charge in [0.2, 0.25) is 0 Å². The van der Waals surface area contributed by atoms with Crippen LogP contribution in [0.1, 0.15) is 0 Å². The van der Waals surface area contributed by atoms with Crippen molar-refractivity contribution in [2.75, 3.05) is 0 Å². The number of aldehydes is 2. The van der Waals surface area contributed by atoms with Crippen molar-refractivity contribution in [3.8, 4) is 0 Å². The highest BCUT2D eigenvalue weighted by molar-refractivity contribution is 6.42. The molecule has 0 saturated heterocycles. The Kier molecular flexibility index (Phi) is 4.68. The van der Waals surface area contributed by atoms with Crippen molar-refractivity contribution in [2.24, 2.45) is 5.73 Å². The summed E-state index contributed by atoms with van der Waals surface area (Å²) in [6.45, 7) is 0. The molecule has 0 aromatic heterocycles. The normalized spacial score (nSPS) is 16.8. The zero-order valence-corrected chi connectivity index (χ0v) is 7.80. The van der Waals surface area contributed by atoms with Crippen LogP contribution in [0.25, 0.3) is 0 Å². The van der Waals surface area contributed by atoms with Crippen LogP contribution in [0.3, 0.4) is 0 Å². The van der Waals surface area contributed by atoms with Crippen molar-refractivity contribution in [1.82, 2.24) is 10.9 Å². The van der Waals surface area contributed by atoms with E-state index in [9.17, 15) is 14.4 Å². The number of urea groups is 1. The molecule has 0 rings (SSSR count). The first-order valence-electron chi connectivity index (χ1n) is 3.03. The average molecular weight is 228 g/mol. The maximum Gasteiger partial charge on any atom is 0.326 e. The Labute approximate surface area is 83.7 Å². The van der Waals surface area contributed by atoms with E-state index in [1.165, 1.54) is 0 Å². The molecule has 0 saturated carbocycles. The quantitative estimate of drug-likeness (QED) is 0.245. The minimum absolute atomic E-state index is 0.177. The number of hydrogen-bond acceptors (Lipinski definition) is 4. The van der Waals surface area contributed by atoms with Gasteiger partial charge in [-0.25, -0.2) is 10.2 Å². The molecule has 2 unspecified atom stereocenters. The molecule has 0 spiro atoms. The number of nitrogens with two attached hydrogens (primary N) is 1. The Hall–Kier alpha value is -0.850. The SMILES string of the molecule is NC(=O)NNC(Cl)(C=O)C(Cl)C=O. The number of nitrogens with one attached hydrogen (secondary N) is 2. The highest BCUT2D eigenvalue weighted by Crippen LogP contribution is 2.16. The van der Waals surface area contributed by atoms with Gasteiger partial charge in [-0.1, -0.05) is 11.6 Å². The smallest absolute Gasteiger partial charge is 0.326 e. The summed E-state index contributed by atoms with van der Waals surface area (Å²) in [5, 5.41) is -1.32. The molecule has 0 aliphatic heterocycles. The first-order valence-corrected chi connectivity index (χ1v) is 3.85. The minimum atomic E-state index is -1.89. The average Bonchev–Trinajstić information content (AvgIpc) is 2.12. The number of alkyl halides is 2. The van der Waals surface area contributed by atoms with E-state index in [-0.39, 0.29) is 12.6 Å². The van der Waals surface area contributed by atoms with E-state index < -0.39 is 16.4 Å². The highest BCUT2D eigenvalue weighted by atomic mass is 35.5. The van der Waals surface area contributed by atoms with E-state index in [4.69, 9.17) is 23.2 Å². The van der Waals surface area contributed by atoms with Crippen LogP contribution in [0, 0.1) is 0 Å². The van der Waals surface area contributed by atoms with E-state index in [2.05, 4.69) is 5.73 Å². The third-order valence-electron chi connectivity index (χ3n) is 1.07. The fraction of sp³-hybridized carbons (Fsp3) is 0.400. The van der Waals surface area contributed by atoms with Crippen LogP contribution < -0.4 is 16.6 Å². The van der Waals surface area contributed by atoms with Crippen molar-refractivity contribution in [2.45, 2.75) is 10.4 Å². The molecule has 0 aromatic carbocycles. The number of hydrogen-bond donors (Lipinski definition) is 3. The third kappa shape index (κ3) is 3.58. The zero-order valence-electron chi connectivity index (χ0n) is 6.29. The lowest BCUT2D eigenvalue weighted by molar-refractivity contribution is -0.115. The maximum atomic E-state index is 10.4. The van der Waals surface area contributed by atoms with Gasteiger partial charge < -0.3 is 10.5 Å². The lowest BCUT2D eigenvalue weighted by Crippen LogP contribution is -2.58. The molecular formula is C5H7Cl2N3O3. The molecule has 8 heteroatoms. The van der Waals surface area contributed by atoms with Gasteiger partial charge in [0.05, 0.1) is 0 Å². The molecule has 0 bridgehead atoms. The molecular weight excluding hydrogens is 221 g/mol. The third-order valence-corrected chi connectivity index (χ3v) is 2.05. The molecule has 0 fully saturated rings. The van der Waals surface area contributed by atoms with Gasteiger partial charge in [-0.15, -0.1) is 11.6 Å². The number of primary amides is 1. The largest absolute Gasteiger partial charge is 0.351 e. The summed E-state index contributed by atoms with van der Waals surface area (Å²) < 4.78 is 0. The summed E-state index contributed by atoms with van der Waals surface area (Å²) in [4.78, 5) is 28.9. The number of amides is 2. The first-order chi connectivity index (χ1) is 5.96. The molecule has 0 aromatic rings. The Morgan fingerprint density at radius 1 is 1.54 bits per heavy atom. The van der Waals surface area contributed by atoms with Gasteiger partial charge in [-0.2, -0.15) is 0 Å². The van der Waals surface area contributed by atoms with Crippen LogP contribution in [0.15, 0.2) is 0 Å². The van der Waals surface area contributed by atoms with E-state index in [0.717, 1.165) is 0 Å². The van der Waals surface area contributed by atoms with E-state index in [0.29, 0.717) is 0 Å². The van der Waals surface area contributed by atoms with Crippen LogP contribution in [-0.4, -0.2) is 29.0 Å². The molecule has 0 heterocycles.